The van der Waals surface area contributed by atoms with Gasteiger partial charge >= 0.3 is 5.97 Å². The molecular weight excluding hydrogens is 188 g/mol. The second kappa shape index (κ2) is 6.03. The molecule has 76 valence electrons. The topological polar surface area (TPSA) is 26.3 Å². The van der Waals surface area contributed by atoms with Gasteiger partial charge in [-0.25, -0.2) is 0 Å². The van der Waals surface area contributed by atoms with Crippen molar-refractivity contribution in [3.8, 4) is 0 Å². The maximum absolute atomic E-state index is 10.7. The van der Waals surface area contributed by atoms with Gasteiger partial charge in [-0.15, -0.1) is 18.2 Å². The molecule has 0 radical (unpaired) electrons. The van der Waals surface area contributed by atoms with E-state index in [1.165, 1.54) is 6.92 Å². The van der Waals surface area contributed by atoms with Crippen LogP contribution in [0, 0.1) is 5.92 Å². The lowest BCUT2D eigenvalue weighted by atomic mass is 10.0. The fraction of sp³-hybridized carbons (Fsp3) is 0.700. The lowest BCUT2D eigenvalue weighted by Crippen LogP contribution is -2.26. The first kappa shape index (κ1) is 12.5. The monoisotopic (exact) mass is 204 g/mol. The third kappa shape index (κ3) is 5.69. The summed E-state index contributed by atoms with van der Waals surface area (Å²) in [4.78, 5) is 10.7. The lowest BCUT2D eigenvalue weighted by molar-refractivity contribution is -0.146. The van der Waals surface area contributed by atoms with Crippen LogP contribution in [0.3, 0.4) is 0 Å². The van der Waals surface area contributed by atoms with Crippen molar-refractivity contribution in [2.24, 2.45) is 5.92 Å². The van der Waals surface area contributed by atoms with Crippen LogP contribution in [0.5, 0.6) is 0 Å². The Morgan fingerprint density at radius 1 is 1.62 bits per heavy atom. The number of hydrogen-bond acceptors (Lipinski definition) is 2. The molecule has 0 aliphatic rings. The Morgan fingerprint density at radius 2 is 2.15 bits per heavy atom. The smallest absolute Gasteiger partial charge is 0.302 e. The van der Waals surface area contributed by atoms with E-state index < -0.39 is 0 Å². The van der Waals surface area contributed by atoms with Crippen molar-refractivity contribution in [1.82, 2.24) is 0 Å². The number of rotatable bonds is 5. The van der Waals surface area contributed by atoms with Gasteiger partial charge in [0.15, 0.2) is 0 Å². The zero-order valence-corrected chi connectivity index (χ0v) is 9.17. The van der Waals surface area contributed by atoms with Gasteiger partial charge in [-0.3, -0.25) is 4.79 Å². The van der Waals surface area contributed by atoms with Crippen LogP contribution in [0.15, 0.2) is 12.7 Å². The molecule has 13 heavy (non-hydrogen) atoms. The van der Waals surface area contributed by atoms with Gasteiger partial charge in [-0.1, -0.05) is 19.9 Å². The summed E-state index contributed by atoms with van der Waals surface area (Å²) in [5.74, 6) is 0.156. The Labute approximate surface area is 84.9 Å². The van der Waals surface area contributed by atoms with Gasteiger partial charge in [0.05, 0.1) is 5.38 Å². The van der Waals surface area contributed by atoms with Crippen molar-refractivity contribution >= 4 is 17.6 Å². The minimum Gasteiger partial charge on any atom is -0.461 e. The molecule has 0 unspecified atom stereocenters. The van der Waals surface area contributed by atoms with Crippen molar-refractivity contribution < 1.29 is 9.53 Å². The van der Waals surface area contributed by atoms with Crippen LogP contribution in [0.25, 0.3) is 0 Å². The molecule has 0 aromatic carbocycles. The molecule has 0 aliphatic carbocycles. The van der Waals surface area contributed by atoms with Crippen LogP contribution < -0.4 is 0 Å². The quantitative estimate of drug-likeness (QED) is 0.391. The van der Waals surface area contributed by atoms with Crippen molar-refractivity contribution in [1.29, 1.82) is 0 Å². The van der Waals surface area contributed by atoms with E-state index in [1.807, 2.05) is 0 Å². The van der Waals surface area contributed by atoms with Gasteiger partial charge in [0.2, 0.25) is 0 Å². The van der Waals surface area contributed by atoms with Crippen molar-refractivity contribution in [3.05, 3.63) is 12.7 Å². The Kier molecular flexibility index (Phi) is 5.80. The molecule has 0 saturated carbocycles. The predicted molar refractivity (Wildman–Crippen MR) is 54.8 cm³/mol. The molecule has 0 fully saturated rings. The van der Waals surface area contributed by atoms with Crippen LogP contribution in [0.1, 0.15) is 27.2 Å². The van der Waals surface area contributed by atoms with Crippen LogP contribution in [0.2, 0.25) is 0 Å². The Morgan fingerprint density at radius 3 is 2.46 bits per heavy atom. The second-order valence-corrected chi connectivity index (χ2v) is 3.96. The van der Waals surface area contributed by atoms with E-state index in [2.05, 4.69) is 20.4 Å². The largest absolute Gasteiger partial charge is 0.461 e. The molecule has 0 bridgehead atoms. The molecule has 0 spiro atoms. The maximum Gasteiger partial charge on any atom is 0.302 e. The molecule has 0 aromatic rings. The molecule has 0 saturated heterocycles. The second-order valence-electron chi connectivity index (χ2n) is 3.46. The van der Waals surface area contributed by atoms with Crippen molar-refractivity contribution in [2.45, 2.75) is 38.7 Å². The molecule has 0 N–H and O–H groups in total. The number of ether oxygens (including phenoxy) is 1. The van der Waals surface area contributed by atoms with E-state index in [0.717, 1.165) is 6.42 Å². The number of hydrogen-bond donors (Lipinski definition) is 0. The zero-order chi connectivity index (χ0) is 10.4. The normalized spacial score (nSPS) is 15.2. The van der Waals surface area contributed by atoms with Gasteiger partial charge in [0.1, 0.15) is 6.10 Å². The molecule has 0 amide bonds. The average molecular weight is 205 g/mol. The van der Waals surface area contributed by atoms with E-state index >= 15 is 0 Å². The molecule has 0 rings (SSSR count). The average Bonchev–Trinajstić information content (AvgIpc) is 2.00. The van der Waals surface area contributed by atoms with E-state index in [-0.39, 0.29) is 17.5 Å². The summed E-state index contributed by atoms with van der Waals surface area (Å²) in [6.45, 7) is 9.08. The highest BCUT2D eigenvalue weighted by atomic mass is 35.5. The van der Waals surface area contributed by atoms with Gasteiger partial charge in [-0.05, 0) is 12.3 Å². The molecular formula is C10H17ClO2. The van der Waals surface area contributed by atoms with E-state index in [0.29, 0.717) is 5.92 Å². The number of carbonyl (C=O) groups excluding carboxylic acids is 1. The van der Waals surface area contributed by atoms with Gasteiger partial charge < -0.3 is 4.74 Å². The molecule has 2 nitrogen and oxygen atoms in total. The number of alkyl halides is 1. The summed E-state index contributed by atoms with van der Waals surface area (Å²) in [7, 11) is 0. The van der Waals surface area contributed by atoms with E-state index in [4.69, 9.17) is 16.3 Å². The number of esters is 1. The fourth-order valence-corrected chi connectivity index (χ4v) is 1.23. The van der Waals surface area contributed by atoms with Crippen molar-refractivity contribution in [2.75, 3.05) is 0 Å². The van der Waals surface area contributed by atoms with Crippen molar-refractivity contribution in [3.63, 3.8) is 0 Å². The third-order valence-corrected chi connectivity index (χ3v) is 2.06. The summed E-state index contributed by atoms with van der Waals surface area (Å²) >= 11 is 5.92. The molecule has 0 aromatic heterocycles. The highest BCUT2D eigenvalue weighted by Gasteiger charge is 2.20. The van der Waals surface area contributed by atoms with Crippen LogP contribution in [0.4, 0.5) is 0 Å². The van der Waals surface area contributed by atoms with Gasteiger partial charge in [-0.2, -0.15) is 0 Å². The summed E-state index contributed by atoms with van der Waals surface area (Å²) in [5.41, 5.74) is 0. The summed E-state index contributed by atoms with van der Waals surface area (Å²) in [6, 6.07) is 0. The van der Waals surface area contributed by atoms with Crippen LogP contribution in [-0.2, 0) is 9.53 Å². The molecule has 2 atom stereocenters. The predicted octanol–water partition coefficient (Wildman–Crippen LogP) is 2.76. The number of carbonyl (C=O) groups is 1. The first-order chi connectivity index (χ1) is 5.97. The minimum atomic E-state index is -0.300. The van der Waals surface area contributed by atoms with Gasteiger partial charge in [0.25, 0.3) is 0 Å². The Balaban J connectivity index is 4.17. The first-order valence-electron chi connectivity index (χ1n) is 4.41. The SMILES string of the molecule is C=C[C@H](Cl)[C@H](CC(C)C)OC(C)=O. The fourth-order valence-electron chi connectivity index (χ4n) is 1.07. The highest BCUT2D eigenvalue weighted by Crippen LogP contribution is 2.17. The van der Waals surface area contributed by atoms with E-state index in [9.17, 15) is 4.79 Å². The minimum absolute atomic E-state index is 0.253. The Hall–Kier alpha value is -0.500. The zero-order valence-electron chi connectivity index (χ0n) is 8.42. The number of halogens is 1. The molecule has 0 heterocycles. The summed E-state index contributed by atoms with van der Waals surface area (Å²) in [6.07, 6.45) is 2.11. The first-order valence-corrected chi connectivity index (χ1v) is 4.84. The third-order valence-electron chi connectivity index (χ3n) is 1.60. The highest BCUT2D eigenvalue weighted by molar-refractivity contribution is 6.22. The van der Waals surface area contributed by atoms with Crippen LogP contribution in [-0.4, -0.2) is 17.5 Å². The van der Waals surface area contributed by atoms with Crippen LogP contribution >= 0.6 is 11.6 Å². The van der Waals surface area contributed by atoms with E-state index in [1.54, 1.807) is 6.08 Å². The van der Waals surface area contributed by atoms with Gasteiger partial charge in [0, 0.05) is 6.92 Å². The molecule has 0 aliphatic heterocycles. The Bertz CT molecular complexity index is 178. The maximum atomic E-state index is 10.7. The lowest BCUT2D eigenvalue weighted by Gasteiger charge is -2.21. The standard InChI is InChI=1S/C10H17ClO2/c1-5-9(11)10(6-7(2)3)13-8(4)12/h5,7,9-10H,1,6H2,2-4H3/t9-,10-/m0/s1. The summed E-state index contributed by atoms with van der Waals surface area (Å²) < 4.78 is 5.07. The summed E-state index contributed by atoms with van der Waals surface area (Å²) in [5, 5.41) is -0.300. The molecule has 3 heteroatoms.